The molecule has 1 N–H and O–H groups in total. The van der Waals surface area contributed by atoms with Crippen molar-refractivity contribution in [2.24, 2.45) is 0 Å². The molecule has 1 aliphatic rings. The van der Waals surface area contributed by atoms with Crippen LogP contribution in [0.3, 0.4) is 0 Å². The van der Waals surface area contributed by atoms with Crippen molar-refractivity contribution in [2.75, 3.05) is 12.1 Å². The Morgan fingerprint density at radius 2 is 1.96 bits per heavy atom. The Balaban J connectivity index is 1.48. The number of hydrogen-bond donors (Lipinski definition) is 1. The minimum atomic E-state index is -0.214. The first-order valence-electron chi connectivity index (χ1n) is 8.29. The highest BCUT2D eigenvalue weighted by atomic mass is 16.7. The van der Waals surface area contributed by atoms with Crippen molar-refractivity contribution in [1.82, 2.24) is 4.98 Å². The van der Waals surface area contributed by atoms with E-state index >= 15 is 0 Å². The molecule has 7 heteroatoms. The van der Waals surface area contributed by atoms with Gasteiger partial charge in [0.25, 0.3) is 0 Å². The zero-order valence-electron chi connectivity index (χ0n) is 14.5. The number of anilines is 1. The summed E-state index contributed by atoms with van der Waals surface area (Å²) < 4.78 is 16.4. The Morgan fingerprint density at radius 3 is 2.74 bits per heavy atom. The summed E-state index contributed by atoms with van der Waals surface area (Å²) in [6.45, 7) is 1.97. The van der Waals surface area contributed by atoms with Crippen molar-refractivity contribution >= 4 is 11.6 Å². The van der Waals surface area contributed by atoms with Crippen LogP contribution in [0.5, 0.6) is 11.5 Å². The number of hydrogen-bond acceptors (Lipinski definition) is 6. The van der Waals surface area contributed by atoms with E-state index in [0.717, 1.165) is 5.56 Å². The normalized spacial score (nSPS) is 11.9. The SMILES string of the molecule is Cc1oc(-c2ccc3c(c2)OCO3)nc1CC(=O)Nc1ccc(C#N)cc1. The number of oxazole rings is 1. The van der Waals surface area contributed by atoms with Crippen LogP contribution in [0.25, 0.3) is 11.5 Å². The van der Waals surface area contributed by atoms with Gasteiger partial charge in [-0.3, -0.25) is 4.79 Å². The molecule has 1 aliphatic heterocycles. The number of carbonyl (C=O) groups excluding carboxylic acids is 1. The zero-order chi connectivity index (χ0) is 18.8. The molecule has 4 rings (SSSR count). The molecule has 0 spiro atoms. The molecule has 0 radical (unpaired) electrons. The Hall–Kier alpha value is -3.79. The van der Waals surface area contributed by atoms with E-state index in [1.165, 1.54) is 0 Å². The third-order valence-electron chi connectivity index (χ3n) is 4.14. The van der Waals surface area contributed by atoms with Crippen LogP contribution in [0.1, 0.15) is 17.0 Å². The highest BCUT2D eigenvalue weighted by molar-refractivity contribution is 5.92. The molecule has 0 aliphatic carbocycles. The lowest BCUT2D eigenvalue weighted by Crippen LogP contribution is -2.15. The van der Waals surface area contributed by atoms with Crippen LogP contribution in [-0.2, 0) is 11.2 Å². The van der Waals surface area contributed by atoms with Crippen LogP contribution < -0.4 is 14.8 Å². The Labute approximate surface area is 155 Å². The molecular formula is C20H15N3O4. The quantitative estimate of drug-likeness (QED) is 0.764. The third-order valence-corrected chi connectivity index (χ3v) is 4.14. The topological polar surface area (TPSA) is 97.4 Å². The van der Waals surface area contributed by atoms with Crippen LogP contribution in [-0.4, -0.2) is 17.7 Å². The van der Waals surface area contributed by atoms with E-state index in [1.807, 2.05) is 12.1 Å². The maximum absolute atomic E-state index is 12.3. The first-order chi connectivity index (χ1) is 13.1. The standard InChI is InChI=1S/C20H15N3O4/c1-12-16(9-19(24)22-15-5-2-13(10-21)3-6-15)23-20(27-12)14-4-7-17-18(8-14)26-11-25-17/h2-8H,9,11H2,1H3,(H,22,24). The summed E-state index contributed by atoms with van der Waals surface area (Å²) in [6.07, 6.45) is 0.0832. The molecule has 134 valence electrons. The number of fused-ring (bicyclic) bond motifs is 1. The van der Waals surface area contributed by atoms with Gasteiger partial charge in [-0.15, -0.1) is 0 Å². The second kappa shape index (κ2) is 6.84. The van der Waals surface area contributed by atoms with Crippen LogP contribution in [0.2, 0.25) is 0 Å². The maximum atomic E-state index is 12.3. The highest BCUT2D eigenvalue weighted by Gasteiger charge is 2.18. The van der Waals surface area contributed by atoms with Gasteiger partial charge >= 0.3 is 0 Å². The molecule has 1 amide bonds. The molecule has 3 aromatic rings. The molecule has 1 aromatic heterocycles. The summed E-state index contributed by atoms with van der Waals surface area (Å²) in [7, 11) is 0. The van der Waals surface area contributed by atoms with Gasteiger partial charge in [0, 0.05) is 11.3 Å². The number of nitrogens with zero attached hydrogens (tertiary/aromatic N) is 2. The molecule has 0 fully saturated rings. The molecule has 0 saturated carbocycles. The van der Waals surface area contributed by atoms with E-state index in [2.05, 4.69) is 10.3 Å². The number of amides is 1. The molecular weight excluding hydrogens is 346 g/mol. The third kappa shape index (κ3) is 3.46. The number of aromatic nitrogens is 1. The summed E-state index contributed by atoms with van der Waals surface area (Å²) in [6, 6.07) is 14.1. The van der Waals surface area contributed by atoms with Gasteiger partial charge in [-0.1, -0.05) is 0 Å². The predicted molar refractivity (Wildman–Crippen MR) is 96.3 cm³/mol. The minimum absolute atomic E-state index is 0.0832. The molecule has 7 nitrogen and oxygen atoms in total. The summed E-state index contributed by atoms with van der Waals surface area (Å²) in [5.41, 5.74) is 2.47. The van der Waals surface area contributed by atoms with Crippen molar-refractivity contribution < 1.29 is 18.7 Å². The monoisotopic (exact) mass is 361 g/mol. The maximum Gasteiger partial charge on any atom is 0.231 e. The van der Waals surface area contributed by atoms with Gasteiger partial charge in [0.05, 0.1) is 23.7 Å². The fourth-order valence-electron chi connectivity index (χ4n) is 2.73. The number of nitriles is 1. The summed E-state index contributed by atoms with van der Waals surface area (Å²) in [5, 5.41) is 11.6. The van der Waals surface area contributed by atoms with Gasteiger partial charge in [-0.25, -0.2) is 4.98 Å². The first kappa shape index (κ1) is 16.7. The van der Waals surface area contributed by atoms with Crippen molar-refractivity contribution in [1.29, 1.82) is 5.26 Å². The van der Waals surface area contributed by atoms with E-state index in [4.69, 9.17) is 19.2 Å². The molecule has 27 heavy (non-hydrogen) atoms. The zero-order valence-corrected chi connectivity index (χ0v) is 14.5. The lowest BCUT2D eigenvalue weighted by atomic mass is 10.2. The predicted octanol–water partition coefficient (Wildman–Crippen LogP) is 3.43. The Kier molecular flexibility index (Phi) is 4.22. The number of benzene rings is 2. The number of nitrogens with one attached hydrogen (secondary N) is 1. The molecule has 0 atom stereocenters. The van der Waals surface area contributed by atoms with Crippen molar-refractivity contribution in [3.05, 3.63) is 59.5 Å². The molecule has 2 aromatic carbocycles. The van der Waals surface area contributed by atoms with E-state index in [9.17, 15) is 4.79 Å². The minimum Gasteiger partial charge on any atom is -0.454 e. The average Bonchev–Trinajstić information content (AvgIpc) is 3.28. The highest BCUT2D eigenvalue weighted by Crippen LogP contribution is 2.36. The van der Waals surface area contributed by atoms with Crippen molar-refractivity contribution in [3.63, 3.8) is 0 Å². The van der Waals surface area contributed by atoms with Crippen LogP contribution in [0.15, 0.2) is 46.9 Å². The fraction of sp³-hybridized carbons (Fsp3) is 0.150. The lowest BCUT2D eigenvalue weighted by molar-refractivity contribution is -0.115. The number of carbonyl (C=O) groups is 1. The number of ether oxygens (including phenoxy) is 2. The summed E-state index contributed by atoms with van der Waals surface area (Å²) in [5.74, 6) is 2.12. The van der Waals surface area contributed by atoms with Crippen molar-refractivity contribution in [3.8, 4) is 29.0 Å². The molecule has 0 unspecified atom stereocenters. The van der Waals surface area contributed by atoms with Gasteiger partial charge in [-0.05, 0) is 49.4 Å². The van der Waals surface area contributed by atoms with Gasteiger partial charge in [-0.2, -0.15) is 5.26 Å². The number of rotatable bonds is 4. The van der Waals surface area contributed by atoms with E-state index in [1.54, 1.807) is 43.3 Å². The average molecular weight is 361 g/mol. The molecule has 0 bridgehead atoms. The van der Waals surface area contributed by atoms with Gasteiger partial charge in [0.1, 0.15) is 5.76 Å². The van der Waals surface area contributed by atoms with Crippen LogP contribution in [0, 0.1) is 18.3 Å². The Morgan fingerprint density at radius 1 is 1.19 bits per heavy atom. The second-order valence-electron chi connectivity index (χ2n) is 6.00. The van der Waals surface area contributed by atoms with E-state index < -0.39 is 0 Å². The number of aryl methyl sites for hydroxylation is 1. The Bertz CT molecular complexity index is 1050. The smallest absolute Gasteiger partial charge is 0.231 e. The largest absolute Gasteiger partial charge is 0.454 e. The second-order valence-corrected chi connectivity index (χ2v) is 6.00. The van der Waals surface area contributed by atoms with Gasteiger partial charge in [0.2, 0.25) is 18.6 Å². The van der Waals surface area contributed by atoms with Gasteiger partial charge < -0.3 is 19.2 Å². The van der Waals surface area contributed by atoms with Crippen molar-refractivity contribution in [2.45, 2.75) is 13.3 Å². The van der Waals surface area contributed by atoms with Crippen LogP contribution in [0.4, 0.5) is 5.69 Å². The molecule has 0 saturated heterocycles. The summed E-state index contributed by atoms with van der Waals surface area (Å²) in [4.78, 5) is 16.7. The first-order valence-corrected chi connectivity index (χ1v) is 8.29. The fourth-order valence-corrected chi connectivity index (χ4v) is 2.73. The summed E-state index contributed by atoms with van der Waals surface area (Å²) >= 11 is 0. The lowest BCUT2D eigenvalue weighted by Gasteiger charge is -2.04. The van der Waals surface area contributed by atoms with Crippen LogP contribution >= 0.6 is 0 Å². The van der Waals surface area contributed by atoms with E-state index in [-0.39, 0.29) is 19.1 Å². The molecule has 2 heterocycles. The van der Waals surface area contributed by atoms with Gasteiger partial charge in [0.15, 0.2) is 11.5 Å². The van der Waals surface area contributed by atoms with E-state index in [0.29, 0.717) is 40.1 Å².